The Labute approximate surface area is 396 Å². The molecule has 4 heterocycles. The predicted octanol–water partition coefficient (Wildman–Crippen LogP) is 8.42. The van der Waals surface area contributed by atoms with E-state index in [4.69, 9.17) is 4.74 Å². The summed E-state index contributed by atoms with van der Waals surface area (Å²) in [5, 5.41) is 9.41. The maximum Gasteiger partial charge on any atom is 0.325 e. The summed E-state index contributed by atoms with van der Waals surface area (Å²) in [6.45, 7) is 16.1. The lowest BCUT2D eigenvalue weighted by Crippen LogP contribution is -2.29. The van der Waals surface area contributed by atoms with Crippen LogP contribution in [0.25, 0.3) is 0 Å². The van der Waals surface area contributed by atoms with Gasteiger partial charge in [-0.15, -0.1) is 0 Å². The zero-order valence-corrected chi connectivity index (χ0v) is 42.0. The number of sulfonamides is 2. The van der Waals surface area contributed by atoms with Crippen molar-refractivity contribution in [3.8, 4) is 0 Å². The Balaban J connectivity index is 0.000000197. The standard InChI is InChI=1S/C25H32N2O5S2.C23H28N2O5S2/c1-5-32-22(29)16-27-17(2)24(23-20(27)14-25(3,4)15-21(23)28)33-18-8-10-19(11-9-18)34(30,31)26-12-6-7-13-26;1-15-22(21-18(25(15)14-20(27)28)12-23(2,3)13-19(21)26)31-16-6-8-17(9-7-16)32(29,30)24-10-4-5-11-24/h8-11H,5-7,12-16H2,1-4H3;6-9H,4-5,10-14H2,1-3H3,(H,27,28). The smallest absolute Gasteiger partial charge is 0.325 e. The van der Waals surface area contributed by atoms with Crippen molar-refractivity contribution >= 4 is 67.1 Å². The van der Waals surface area contributed by atoms with Gasteiger partial charge >= 0.3 is 11.9 Å². The second kappa shape index (κ2) is 19.4. The van der Waals surface area contributed by atoms with E-state index in [0.29, 0.717) is 69.6 Å². The molecule has 0 saturated carbocycles. The molecule has 18 heteroatoms. The third-order valence-corrected chi connectivity index (χ3v) is 18.9. The second-order valence-electron chi connectivity index (χ2n) is 19.1. The molecule has 2 fully saturated rings. The number of fused-ring (bicyclic) bond motifs is 2. The average Bonchev–Trinajstić information content (AvgIpc) is 4.06. The van der Waals surface area contributed by atoms with Crippen LogP contribution >= 0.6 is 23.5 Å². The third-order valence-electron chi connectivity index (χ3n) is 12.7. The molecule has 66 heavy (non-hydrogen) atoms. The number of carbonyl (C=O) groups excluding carboxylic acids is 3. The van der Waals surface area contributed by atoms with Gasteiger partial charge in [-0.1, -0.05) is 51.2 Å². The molecular formula is C48H60N4O10S4. The lowest BCUT2D eigenvalue weighted by Gasteiger charge is -2.30. The number of aliphatic carboxylic acids is 1. The third kappa shape index (κ3) is 10.4. The van der Waals surface area contributed by atoms with E-state index in [-0.39, 0.29) is 51.2 Å². The number of Topliss-reactive ketones (excluding diaryl/α,β-unsaturated/α-hetero) is 2. The van der Waals surface area contributed by atoms with Gasteiger partial charge in [-0.25, -0.2) is 16.8 Å². The molecular weight excluding hydrogens is 921 g/mol. The minimum Gasteiger partial charge on any atom is -0.480 e. The lowest BCUT2D eigenvalue weighted by atomic mass is 9.76. The zero-order valence-electron chi connectivity index (χ0n) is 38.8. The Morgan fingerprint density at radius 1 is 0.621 bits per heavy atom. The summed E-state index contributed by atoms with van der Waals surface area (Å²) in [6, 6.07) is 13.6. The van der Waals surface area contributed by atoms with E-state index in [1.165, 1.54) is 32.1 Å². The molecule has 0 radical (unpaired) electrons. The van der Waals surface area contributed by atoms with Crippen LogP contribution < -0.4 is 0 Å². The van der Waals surface area contributed by atoms with E-state index >= 15 is 0 Å². The Morgan fingerprint density at radius 2 is 0.985 bits per heavy atom. The first kappa shape index (κ1) is 49.7. The molecule has 2 saturated heterocycles. The van der Waals surface area contributed by atoms with Crippen molar-refractivity contribution in [2.75, 3.05) is 32.8 Å². The Morgan fingerprint density at radius 3 is 1.33 bits per heavy atom. The number of nitrogens with zero attached hydrogens (tertiary/aromatic N) is 4. The number of aromatic nitrogens is 2. The highest BCUT2D eigenvalue weighted by Gasteiger charge is 2.39. The molecule has 2 aliphatic heterocycles. The largest absolute Gasteiger partial charge is 0.480 e. The minimum absolute atomic E-state index is 0.0271. The fraction of sp³-hybridized carbons (Fsp3) is 0.500. The SMILES string of the molecule is CCOC(=O)Cn1c(C)c(Sc2ccc(S(=O)(=O)N3CCCC3)cc2)c2c1CC(C)(C)CC2=O.Cc1c(Sc2ccc(S(=O)(=O)N3CCCC3)cc2)c2c(n1CC(=O)O)CC(C)(C)CC2=O. The van der Waals surface area contributed by atoms with Crippen molar-refractivity contribution in [2.24, 2.45) is 10.8 Å². The van der Waals surface area contributed by atoms with Crippen LogP contribution in [0.5, 0.6) is 0 Å². The summed E-state index contributed by atoms with van der Waals surface area (Å²) in [5.41, 5.74) is 4.14. The number of ether oxygens (including phenoxy) is 1. The second-order valence-corrected chi connectivity index (χ2v) is 25.1. The minimum atomic E-state index is -3.48. The van der Waals surface area contributed by atoms with E-state index in [1.807, 2.05) is 32.3 Å². The summed E-state index contributed by atoms with van der Waals surface area (Å²) in [7, 11) is -6.95. The van der Waals surface area contributed by atoms with Crippen molar-refractivity contribution in [1.82, 2.24) is 17.7 Å². The van der Waals surface area contributed by atoms with Gasteiger partial charge in [0.25, 0.3) is 0 Å². The molecule has 4 aromatic rings. The molecule has 0 spiro atoms. The Kier molecular flexibility index (Phi) is 14.6. The van der Waals surface area contributed by atoms with Gasteiger partial charge in [0.2, 0.25) is 20.0 Å². The molecule has 2 aliphatic carbocycles. The van der Waals surface area contributed by atoms with Gasteiger partial charge in [-0.2, -0.15) is 8.61 Å². The van der Waals surface area contributed by atoms with Gasteiger partial charge in [-0.3, -0.25) is 19.2 Å². The van der Waals surface area contributed by atoms with E-state index in [2.05, 4.69) is 13.8 Å². The van der Waals surface area contributed by atoms with Crippen molar-refractivity contribution in [3.05, 3.63) is 82.4 Å². The normalized spacial score (nSPS) is 18.4. The highest BCUT2D eigenvalue weighted by molar-refractivity contribution is 7.99. The first-order valence-electron chi connectivity index (χ1n) is 22.5. The summed E-state index contributed by atoms with van der Waals surface area (Å²) in [4.78, 5) is 53.8. The number of hydrogen-bond acceptors (Lipinski definition) is 11. The molecule has 1 N–H and O–H groups in total. The number of hydrogen-bond donors (Lipinski definition) is 1. The van der Waals surface area contributed by atoms with Crippen LogP contribution in [0.2, 0.25) is 0 Å². The van der Waals surface area contributed by atoms with Crippen LogP contribution in [0.15, 0.2) is 77.9 Å². The molecule has 0 amide bonds. The fourth-order valence-corrected chi connectivity index (χ4v) is 14.7. The monoisotopic (exact) mass is 980 g/mol. The maximum atomic E-state index is 13.2. The van der Waals surface area contributed by atoms with Crippen molar-refractivity contribution in [2.45, 2.75) is 142 Å². The Bertz CT molecular complexity index is 2760. The number of carboxylic acid groups (broad SMARTS) is 1. The molecule has 356 valence electrons. The Hall–Kier alpha value is -4.20. The van der Waals surface area contributed by atoms with Gasteiger partial charge in [0.05, 0.1) is 27.5 Å². The van der Waals surface area contributed by atoms with E-state index in [0.717, 1.165) is 68.0 Å². The van der Waals surface area contributed by atoms with E-state index in [1.54, 1.807) is 60.0 Å². The number of carbonyl (C=O) groups is 4. The zero-order chi connectivity index (χ0) is 47.9. The maximum absolute atomic E-state index is 13.2. The highest BCUT2D eigenvalue weighted by Crippen LogP contribution is 2.46. The molecule has 0 unspecified atom stereocenters. The summed E-state index contributed by atoms with van der Waals surface area (Å²) < 4.78 is 63.1. The van der Waals surface area contributed by atoms with Crippen LogP contribution in [0.4, 0.5) is 0 Å². The summed E-state index contributed by atoms with van der Waals surface area (Å²) in [5.74, 6) is -1.17. The number of carboxylic acids is 1. The van der Waals surface area contributed by atoms with Gasteiger partial charge in [-0.05, 0) is 119 Å². The van der Waals surface area contributed by atoms with E-state index < -0.39 is 26.0 Å². The van der Waals surface area contributed by atoms with Gasteiger partial charge in [0, 0.05) is 81.4 Å². The van der Waals surface area contributed by atoms with Gasteiger partial charge in [0.1, 0.15) is 13.1 Å². The first-order valence-corrected chi connectivity index (χ1v) is 27.0. The summed E-state index contributed by atoms with van der Waals surface area (Å²) >= 11 is 2.83. The molecule has 0 bridgehead atoms. The van der Waals surface area contributed by atoms with Crippen LogP contribution in [0.3, 0.4) is 0 Å². The quantitative estimate of drug-likeness (QED) is 0.127. The predicted molar refractivity (Wildman–Crippen MR) is 253 cm³/mol. The molecule has 2 aromatic carbocycles. The van der Waals surface area contributed by atoms with Crippen LogP contribution in [-0.2, 0) is 60.3 Å². The van der Waals surface area contributed by atoms with Gasteiger partial charge < -0.3 is 19.0 Å². The van der Waals surface area contributed by atoms with Crippen molar-refractivity contribution in [1.29, 1.82) is 0 Å². The summed E-state index contributed by atoms with van der Waals surface area (Å²) in [6.07, 6.45) is 5.75. The number of ketones is 2. The fourth-order valence-electron chi connectivity index (χ4n) is 9.46. The molecule has 4 aliphatic rings. The average molecular weight is 981 g/mol. The number of rotatable bonds is 13. The molecule has 8 rings (SSSR count). The molecule has 14 nitrogen and oxygen atoms in total. The highest BCUT2D eigenvalue weighted by atomic mass is 32.2. The van der Waals surface area contributed by atoms with Crippen molar-refractivity contribution in [3.63, 3.8) is 0 Å². The first-order chi connectivity index (χ1) is 31.0. The molecule has 2 aromatic heterocycles. The van der Waals surface area contributed by atoms with E-state index in [9.17, 15) is 41.1 Å². The van der Waals surface area contributed by atoms with Crippen LogP contribution in [0, 0.1) is 24.7 Å². The molecule has 0 atom stereocenters. The van der Waals surface area contributed by atoms with Crippen LogP contribution in [0.1, 0.15) is 117 Å². The van der Waals surface area contributed by atoms with Gasteiger partial charge in [0.15, 0.2) is 11.6 Å². The topological polar surface area (TPSA) is 182 Å². The number of benzene rings is 2. The van der Waals surface area contributed by atoms with Crippen molar-refractivity contribution < 1.29 is 45.9 Å². The lowest BCUT2D eigenvalue weighted by molar-refractivity contribution is -0.144. The number of esters is 1. The van der Waals surface area contributed by atoms with Crippen LogP contribution in [-0.4, -0.2) is 96.0 Å².